The molecule has 76 valence electrons. The summed E-state index contributed by atoms with van der Waals surface area (Å²) in [5, 5.41) is 0.162. The molecule has 0 spiro atoms. The fraction of sp³-hybridized carbons (Fsp3) is 0.455. The lowest BCUT2D eigenvalue weighted by Gasteiger charge is -2.24. The lowest BCUT2D eigenvalue weighted by atomic mass is 9.89. The van der Waals surface area contributed by atoms with Crippen molar-refractivity contribution < 1.29 is 4.39 Å². The largest absolute Gasteiger partial charge is 0.321 e. The van der Waals surface area contributed by atoms with E-state index < -0.39 is 0 Å². The standard InChI is InChI=1S/C11H13ClFN/c12-9-4-3-8(7-10(9)13)11(14)5-1-2-6-11/h3-4,7H,1-2,5-6,14H2. The van der Waals surface area contributed by atoms with Gasteiger partial charge in [-0.1, -0.05) is 30.5 Å². The molecule has 0 bridgehead atoms. The first-order valence-corrected chi connectivity index (χ1v) is 5.24. The summed E-state index contributed by atoms with van der Waals surface area (Å²) in [5.41, 5.74) is 6.73. The van der Waals surface area contributed by atoms with E-state index >= 15 is 0 Å². The number of hydrogen-bond donors (Lipinski definition) is 1. The van der Waals surface area contributed by atoms with Gasteiger partial charge >= 0.3 is 0 Å². The van der Waals surface area contributed by atoms with E-state index in [2.05, 4.69) is 0 Å². The minimum atomic E-state index is -0.374. The van der Waals surface area contributed by atoms with Crippen LogP contribution in [0.25, 0.3) is 0 Å². The number of hydrogen-bond acceptors (Lipinski definition) is 1. The van der Waals surface area contributed by atoms with Gasteiger partial charge in [-0.15, -0.1) is 0 Å². The molecule has 1 aliphatic carbocycles. The van der Waals surface area contributed by atoms with Crippen molar-refractivity contribution in [2.45, 2.75) is 31.2 Å². The van der Waals surface area contributed by atoms with Gasteiger partial charge in [0, 0.05) is 5.54 Å². The molecule has 2 rings (SSSR count). The first-order valence-electron chi connectivity index (χ1n) is 4.86. The third kappa shape index (κ3) is 1.64. The van der Waals surface area contributed by atoms with Crippen LogP contribution in [-0.4, -0.2) is 0 Å². The van der Waals surface area contributed by atoms with Crippen LogP contribution in [0.5, 0.6) is 0 Å². The Labute approximate surface area is 88.1 Å². The monoisotopic (exact) mass is 213 g/mol. The van der Waals surface area contributed by atoms with Gasteiger partial charge in [-0.3, -0.25) is 0 Å². The molecule has 0 amide bonds. The van der Waals surface area contributed by atoms with Gasteiger partial charge in [0.05, 0.1) is 5.02 Å². The van der Waals surface area contributed by atoms with Gasteiger partial charge in [0.15, 0.2) is 0 Å². The molecule has 1 saturated carbocycles. The predicted octanol–water partition coefficient (Wildman–Crippen LogP) is 3.21. The van der Waals surface area contributed by atoms with Gasteiger partial charge in [-0.2, -0.15) is 0 Å². The van der Waals surface area contributed by atoms with Crippen LogP contribution in [0.4, 0.5) is 4.39 Å². The molecule has 1 nitrogen and oxygen atoms in total. The highest BCUT2D eigenvalue weighted by Crippen LogP contribution is 2.37. The summed E-state index contributed by atoms with van der Waals surface area (Å²) in [6, 6.07) is 4.88. The lowest BCUT2D eigenvalue weighted by molar-refractivity contribution is 0.458. The van der Waals surface area contributed by atoms with Crippen LogP contribution in [0.3, 0.4) is 0 Å². The van der Waals surface area contributed by atoms with Gasteiger partial charge in [0.1, 0.15) is 5.82 Å². The van der Waals surface area contributed by atoms with Gasteiger partial charge in [0.25, 0.3) is 0 Å². The fourth-order valence-electron chi connectivity index (χ4n) is 2.10. The van der Waals surface area contributed by atoms with E-state index in [1.165, 1.54) is 6.07 Å². The summed E-state index contributed by atoms with van der Waals surface area (Å²) in [4.78, 5) is 0. The second-order valence-electron chi connectivity index (χ2n) is 3.99. The molecule has 14 heavy (non-hydrogen) atoms. The SMILES string of the molecule is NC1(c2ccc(Cl)c(F)c2)CCCC1. The molecule has 3 heteroatoms. The van der Waals surface area contributed by atoms with E-state index in [-0.39, 0.29) is 16.4 Å². The molecule has 0 unspecified atom stereocenters. The van der Waals surface area contributed by atoms with E-state index in [9.17, 15) is 4.39 Å². The van der Waals surface area contributed by atoms with Gasteiger partial charge in [0.2, 0.25) is 0 Å². The zero-order valence-electron chi connectivity index (χ0n) is 7.89. The van der Waals surface area contributed by atoms with Crippen LogP contribution >= 0.6 is 11.6 Å². The Hall–Kier alpha value is -0.600. The van der Waals surface area contributed by atoms with Crippen molar-refractivity contribution in [3.05, 3.63) is 34.6 Å². The fourth-order valence-corrected chi connectivity index (χ4v) is 2.22. The highest BCUT2D eigenvalue weighted by molar-refractivity contribution is 6.30. The molecular formula is C11H13ClFN. The molecular weight excluding hydrogens is 201 g/mol. The third-order valence-corrected chi connectivity index (χ3v) is 3.30. The minimum Gasteiger partial charge on any atom is -0.321 e. The quantitative estimate of drug-likeness (QED) is 0.762. The summed E-state index contributed by atoms with van der Waals surface area (Å²) >= 11 is 5.62. The molecule has 2 N–H and O–H groups in total. The number of nitrogens with two attached hydrogens (primary N) is 1. The van der Waals surface area contributed by atoms with E-state index in [0.29, 0.717) is 0 Å². The molecule has 0 radical (unpaired) electrons. The molecule has 1 aliphatic rings. The van der Waals surface area contributed by atoms with Crippen LogP contribution in [0, 0.1) is 5.82 Å². The van der Waals surface area contributed by atoms with Crippen molar-refractivity contribution in [2.75, 3.05) is 0 Å². The Balaban J connectivity index is 2.36. The minimum absolute atomic E-state index is 0.162. The van der Waals surface area contributed by atoms with Crippen LogP contribution in [-0.2, 0) is 5.54 Å². The summed E-state index contributed by atoms with van der Waals surface area (Å²) < 4.78 is 13.2. The van der Waals surface area contributed by atoms with Crippen LogP contribution < -0.4 is 5.73 Å². The van der Waals surface area contributed by atoms with Gasteiger partial charge < -0.3 is 5.73 Å². The average Bonchev–Trinajstić information content (AvgIpc) is 2.58. The molecule has 1 aromatic rings. The van der Waals surface area contributed by atoms with Crippen LogP contribution in [0.1, 0.15) is 31.2 Å². The Kier molecular flexibility index (Phi) is 2.50. The van der Waals surface area contributed by atoms with E-state index in [1.54, 1.807) is 6.07 Å². The Morgan fingerprint density at radius 1 is 1.29 bits per heavy atom. The normalized spacial score (nSPS) is 19.9. The topological polar surface area (TPSA) is 26.0 Å². The second-order valence-corrected chi connectivity index (χ2v) is 4.40. The van der Waals surface area contributed by atoms with Crippen LogP contribution in [0.2, 0.25) is 5.02 Å². The van der Waals surface area contributed by atoms with Crippen molar-refractivity contribution in [1.29, 1.82) is 0 Å². The third-order valence-electron chi connectivity index (χ3n) is 2.99. The van der Waals surface area contributed by atoms with Crippen molar-refractivity contribution >= 4 is 11.6 Å². The zero-order valence-corrected chi connectivity index (χ0v) is 8.65. The van der Waals surface area contributed by atoms with Crippen molar-refractivity contribution in [2.24, 2.45) is 5.73 Å². The van der Waals surface area contributed by atoms with Crippen LogP contribution in [0.15, 0.2) is 18.2 Å². The van der Waals surface area contributed by atoms with Gasteiger partial charge in [-0.25, -0.2) is 4.39 Å². The number of benzene rings is 1. The first kappa shape index (κ1) is 9.94. The van der Waals surface area contributed by atoms with E-state index in [4.69, 9.17) is 17.3 Å². The molecule has 1 fully saturated rings. The zero-order chi connectivity index (χ0) is 10.2. The average molecular weight is 214 g/mol. The maximum absolute atomic E-state index is 13.2. The highest BCUT2D eigenvalue weighted by Gasteiger charge is 2.31. The van der Waals surface area contributed by atoms with Crippen molar-refractivity contribution in [3.8, 4) is 0 Å². The molecule has 1 aromatic carbocycles. The van der Waals surface area contributed by atoms with Gasteiger partial charge in [-0.05, 0) is 30.5 Å². The first-order chi connectivity index (χ1) is 6.62. The summed E-state index contributed by atoms with van der Waals surface area (Å²) in [6.07, 6.45) is 4.13. The number of rotatable bonds is 1. The Bertz CT molecular complexity index is 345. The Morgan fingerprint density at radius 3 is 2.50 bits per heavy atom. The molecule has 0 atom stereocenters. The highest BCUT2D eigenvalue weighted by atomic mass is 35.5. The van der Waals surface area contributed by atoms with E-state index in [0.717, 1.165) is 31.2 Å². The summed E-state index contributed by atoms with van der Waals surface area (Å²) in [5.74, 6) is -0.374. The molecule has 0 aliphatic heterocycles. The summed E-state index contributed by atoms with van der Waals surface area (Å²) in [7, 11) is 0. The molecule has 0 saturated heterocycles. The summed E-state index contributed by atoms with van der Waals surface area (Å²) in [6.45, 7) is 0. The lowest BCUT2D eigenvalue weighted by Crippen LogP contribution is -2.33. The maximum Gasteiger partial charge on any atom is 0.142 e. The van der Waals surface area contributed by atoms with Crippen molar-refractivity contribution in [1.82, 2.24) is 0 Å². The molecule has 0 heterocycles. The molecule has 0 aromatic heterocycles. The number of halogens is 2. The second kappa shape index (κ2) is 3.52. The van der Waals surface area contributed by atoms with E-state index in [1.807, 2.05) is 6.07 Å². The smallest absolute Gasteiger partial charge is 0.142 e. The maximum atomic E-state index is 13.2. The van der Waals surface area contributed by atoms with Crippen molar-refractivity contribution in [3.63, 3.8) is 0 Å². The predicted molar refractivity (Wildman–Crippen MR) is 55.7 cm³/mol. The Morgan fingerprint density at radius 2 is 1.93 bits per heavy atom.